The van der Waals surface area contributed by atoms with E-state index in [1.165, 1.54) is 0 Å². The largest absolute Gasteiger partial charge is 0.356 e. The fraction of sp³-hybridized carbons (Fsp3) is 0.567. The van der Waals surface area contributed by atoms with E-state index < -0.39 is 47.0 Å². The summed E-state index contributed by atoms with van der Waals surface area (Å²) in [5.74, 6) is -3.01. The van der Waals surface area contributed by atoms with E-state index in [1.54, 1.807) is 26.8 Å². The lowest BCUT2D eigenvalue weighted by Gasteiger charge is -2.28. The van der Waals surface area contributed by atoms with Gasteiger partial charge in [0, 0.05) is 28.9 Å². The zero-order valence-corrected chi connectivity index (χ0v) is 23.6. The minimum absolute atomic E-state index is 0.0140. The number of amides is 4. The molecule has 1 unspecified atom stereocenters. The number of hydrogen-bond acceptors (Lipinski definition) is 5. The predicted octanol–water partition coefficient (Wildman–Crippen LogP) is 2.73. The van der Waals surface area contributed by atoms with Gasteiger partial charge in [0.2, 0.25) is 17.6 Å². The van der Waals surface area contributed by atoms with Gasteiger partial charge in [-0.25, -0.2) is 0 Å². The molecule has 2 fully saturated rings. The number of ketones is 1. The van der Waals surface area contributed by atoms with Crippen LogP contribution in [0.5, 0.6) is 0 Å². The summed E-state index contributed by atoms with van der Waals surface area (Å²) in [6.45, 7) is 5.76. The molecule has 0 bridgehead atoms. The Hall–Kier alpha value is -3.69. The van der Waals surface area contributed by atoms with Crippen molar-refractivity contribution in [2.24, 2.45) is 11.8 Å². The summed E-state index contributed by atoms with van der Waals surface area (Å²) < 4.78 is 0. The molecule has 1 aromatic carbocycles. The smallest absolute Gasteiger partial charge is 0.290 e. The van der Waals surface area contributed by atoms with Gasteiger partial charge in [0.1, 0.15) is 11.7 Å². The topological polar surface area (TPSA) is 149 Å². The fourth-order valence-electron chi connectivity index (χ4n) is 5.64. The number of H-pyrrole nitrogens is 1. The molecule has 216 valence electrons. The number of carbonyl (C=O) groups is 5. The minimum atomic E-state index is -1.19. The van der Waals surface area contributed by atoms with Crippen molar-refractivity contribution < 1.29 is 24.0 Å². The van der Waals surface area contributed by atoms with Crippen molar-refractivity contribution in [2.45, 2.75) is 89.8 Å². The van der Waals surface area contributed by atoms with E-state index in [0.717, 1.165) is 43.0 Å². The van der Waals surface area contributed by atoms with Crippen molar-refractivity contribution in [3.05, 3.63) is 36.0 Å². The summed E-state index contributed by atoms with van der Waals surface area (Å²) in [6.07, 6.45) is 6.17. The maximum atomic E-state index is 13.7. The molecule has 1 saturated heterocycles. The van der Waals surface area contributed by atoms with Gasteiger partial charge >= 0.3 is 0 Å². The average molecular weight is 552 g/mol. The van der Waals surface area contributed by atoms with Gasteiger partial charge in [0.25, 0.3) is 11.8 Å². The lowest BCUT2D eigenvalue weighted by atomic mass is 9.84. The van der Waals surface area contributed by atoms with E-state index in [1.807, 2.05) is 24.3 Å². The van der Waals surface area contributed by atoms with Gasteiger partial charge < -0.3 is 26.3 Å². The number of benzene rings is 1. The van der Waals surface area contributed by atoms with Crippen LogP contribution in [0.15, 0.2) is 30.3 Å². The number of rotatable bonds is 10. The number of para-hydroxylation sites is 1. The SMILES string of the molecule is CC(C)(C)NC(=O)C(=O)C(C[C@@H]1CCNC1=O)NC(=O)[C@H](CC1CCCCC1)NC(=O)c1cc2ccccc2[nH]1. The van der Waals surface area contributed by atoms with Crippen LogP contribution < -0.4 is 21.3 Å². The summed E-state index contributed by atoms with van der Waals surface area (Å²) in [6, 6.07) is 7.17. The molecule has 5 N–H and O–H groups in total. The van der Waals surface area contributed by atoms with Crippen molar-refractivity contribution in [1.29, 1.82) is 0 Å². The van der Waals surface area contributed by atoms with Crippen molar-refractivity contribution in [1.82, 2.24) is 26.3 Å². The Morgan fingerprint density at radius 3 is 2.33 bits per heavy atom. The van der Waals surface area contributed by atoms with Crippen LogP contribution >= 0.6 is 0 Å². The van der Waals surface area contributed by atoms with Crippen LogP contribution in [-0.4, -0.2) is 58.6 Å². The first-order valence-corrected chi connectivity index (χ1v) is 14.3. The molecule has 10 heteroatoms. The van der Waals surface area contributed by atoms with E-state index in [9.17, 15) is 24.0 Å². The molecule has 0 spiro atoms. The van der Waals surface area contributed by atoms with E-state index in [4.69, 9.17) is 0 Å². The third kappa shape index (κ3) is 7.70. The molecular formula is C30H41N5O5. The first kappa shape index (κ1) is 29.3. The number of fused-ring (bicyclic) bond motifs is 1. The summed E-state index contributed by atoms with van der Waals surface area (Å²) in [7, 11) is 0. The molecule has 3 atom stereocenters. The molecule has 1 aliphatic heterocycles. The zero-order valence-electron chi connectivity index (χ0n) is 23.6. The molecule has 1 aliphatic carbocycles. The highest BCUT2D eigenvalue weighted by Crippen LogP contribution is 2.28. The number of carbonyl (C=O) groups excluding carboxylic acids is 5. The average Bonchev–Trinajstić information content (AvgIpc) is 3.53. The second kappa shape index (κ2) is 12.7. The van der Waals surface area contributed by atoms with E-state index in [0.29, 0.717) is 25.1 Å². The Morgan fingerprint density at radius 1 is 0.950 bits per heavy atom. The summed E-state index contributed by atoms with van der Waals surface area (Å²) in [5.41, 5.74) is 0.497. The minimum Gasteiger partial charge on any atom is -0.356 e. The van der Waals surface area contributed by atoms with Crippen LogP contribution in [0.3, 0.4) is 0 Å². The van der Waals surface area contributed by atoms with E-state index in [2.05, 4.69) is 26.3 Å². The molecule has 10 nitrogen and oxygen atoms in total. The summed E-state index contributed by atoms with van der Waals surface area (Å²) in [4.78, 5) is 68.4. The van der Waals surface area contributed by atoms with E-state index in [-0.39, 0.29) is 18.2 Å². The van der Waals surface area contributed by atoms with Crippen molar-refractivity contribution in [2.75, 3.05) is 6.54 Å². The Balaban J connectivity index is 1.54. The molecule has 40 heavy (non-hydrogen) atoms. The third-order valence-corrected chi connectivity index (χ3v) is 7.72. The summed E-state index contributed by atoms with van der Waals surface area (Å²) >= 11 is 0. The lowest BCUT2D eigenvalue weighted by molar-refractivity contribution is -0.141. The van der Waals surface area contributed by atoms with Gasteiger partial charge in [0.15, 0.2) is 0 Å². The highest BCUT2D eigenvalue weighted by atomic mass is 16.2. The van der Waals surface area contributed by atoms with Crippen LogP contribution in [0, 0.1) is 11.8 Å². The summed E-state index contributed by atoms with van der Waals surface area (Å²) in [5, 5.41) is 11.9. The molecule has 1 aromatic heterocycles. The maximum absolute atomic E-state index is 13.7. The number of Topliss-reactive ketones (excluding diaryl/α,β-unsaturated/α-hetero) is 1. The van der Waals surface area contributed by atoms with Crippen LogP contribution in [0.4, 0.5) is 0 Å². The molecular weight excluding hydrogens is 510 g/mol. The lowest BCUT2D eigenvalue weighted by Crippen LogP contribution is -2.56. The van der Waals surface area contributed by atoms with Crippen LogP contribution in [-0.2, 0) is 19.2 Å². The quantitative estimate of drug-likeness (QED) is 0.288. The molecule has 4 amide bonds. The Labute approximate surface area is 234 Å². The fourth-order valence-corrected chi connectivity index (χ4v) is 5.64. The van der Waals surface area contributed by atoms with E-state index >= 15 is 0 Å². The van der Waals surface area contributed by atoms with Gasteiger partial charge in [-0.3, -0.25) is 24.0 Å². The Bertz CT molecular complexity index is 1220. The van der Waals surface area contributed by atoms with Crippen LogP contribution in [0.2, 0.25) is 0 Å². The highest BCUT2D eigenvalue weighted by Gasteiger charge is 2.37. The molecule has 2 aliphatic rings. The maximum Gasteiger partial charge on any atom is 0.290 e. The zero-order chi connectivity index (χ0) is 28.9. The van der Waals surface area contributed by atoms with Gasteiger partial charge in [0.05, 0.1) is 6.04 Å². The standard InChI is InChI=1S/C30H41N5O5/c1-30(2,3)35-29(40)25(36)22(17-20-13-14-31-26(20)37)33-27(38)23(15-18-9-5-4-6-10-18)34-28(39)24-16-19-11-7-8-12-21(19)32-24/h7-8,11-12,16,18,20,22-23,32H,4-6,9-10,13-15,17H2,1-3H3,(H,31,37)(H,33,38)(H,34,39)(H,35,40)/t20-,22?,23-/m0/s1. The third-order valence-electron chi connectivity index (χ3n) is 7.72. The molecule has 2 aromatic rings. The Kier molecular flexibility index (Phi) is 9.27. The van der Waals surface area contributed by atoms with Gasteiger partial charge in [-0.05, 0) is 58.1 Å². The van der Waals surface area contributed by atoms with Crippen molar-refractivity contribution >= 4 is 40.3 Å². The molecule has 4 rings (SSSR count). The van der Waals surface area contributed by atoms with Crippen LogP contribution in [0.25, 0.3) is 10.9 Å². The second-order valence-corrected chi connectivity index (χ2v) is 12.2. The molecule has 0 radical (unpaired) electrons. The molecule has 2 heterocycles. The number of aromatic amines is 1. The van der Waals surface area contributed by atoms with Crippen molar-refractivity contribution in [3.63, 3.8) is 0 Å². The molecule has 1 saturated carbocycles. The van der Waals surface area contributed by atoms with Crippen molar-refractivity contribution in [3.8, 4) is 0 Å². The predicted molar refractivity (Wildman–Crippen MR) is 151 cm³/mol. The second-order valence-electron chi connectivity index (χ2n) is 12.2. The van der Waals surface area contributed by atoms with Gasteiger partial charge in [-0.1, -0.05) is 50.3 Å². The van der Waals surface area contributed by atoms with Gasteiger partial charge in [-0.15, -0.1) is 0 Å². The Morgan fingerprint density at radius 2 is 1.68 bits per heavy atom. The monoisotopic (exact) mass is 551 g/mol. The highest BCUT2D eigenvalue weighted by molar-refractivity contribution is 6.38. The van der Waals surface area contributed by atoms with Crippen LogP contribution in [0.1, 0.15) is 82.6 Å². The first-order valence-electron chi connectivity index (χ1n) is 14.3. The van der Waals surface area contributed by atoms with Gasteiger partial charge in [-0.2, -0.15) is 0 Å². The number of hydrogen-bond donors (Lipinski definition) is 5. The number of nitrogens with one attached hydrogen (secondary N) is 5. The number of aromatic nitrogens is 1. The normalized spacial score (nSPS) is 19.5. The first-order chi connectivity index (χ1) is 19.0.